The van der Waals surface area contributed by atoms with Crippen LogP contribution in [-0.4, -0.2) is 11.9 Å². The van der Waals surface area contributed by atoms with Gasteiger partial charge in [0.15, 0.2) is 0 Å². The lowest BCUT2D eigenvalue weighted by Gasteiger charge is -2.14. The SMILES string of the molecule is ClCc1c(Cl)cccc1OCC1Cc2ccccc2S1. The standard InChI is InChI=1S/C16H14Cl2OS/c17-9-13-14(18)5-3-6-15(13)19-10-12-8-11-4-1-2-7-16(11)20-12/h1-7,12H,8-10H2. The van der Waals surface area contributed by atoms with Gasteiger partial charge in [-0.1, -0.05) is 35.9 Å². The Morgan fingerprint density at radius 1 is 1.15 bits per heavy atom. The zero-order valence-corrected chi connectivity index (χ0v) is 13.1. The van der Waals surface area contributed by atoms with E-state index in [-0.39, 0.29) is 0 Å². The molecule has 104 valence electrons. The molecule has 1 atom stereocenters. The van der Waals surface area contributed by atoms with Gasteiger partial charge in [0.1, 0.15) is 12.4 Å². The van der Waals surface area contributed by atoms with Gasteiger partial charge >= 0.3 is 0 Å². The molecule has 20 heavy (non-hydrogen) atoms. The normalized spacial score (nSPS) is 17.0. The smallest absolute Gasteiger partial charge is 0.125 e. The average Bonchev–Trinajstić information content (AvgIpc) is 2.88. The van der Waals surface area contributed by atoms with E-state index in [2.05, 4.69) is 24.3 Å². The van der Waals surface area contributed by atoms with E-state index in [9.17, 15) is 0 Å². The summed E-state index contributed by atoms with van der Waals surface area (Å²) in [5, 5.41) is 1.12. The first-order chi connectivity index (χ1) is 9.78. The molecule has 1 heterocycles. The first-order valence-electron chi connectivity index (χ1n) is 6.48. The number of alkyl halides is 1. The van der Waals surface area contributed by atoms with Crippen molar-refractivity contribution >= 4 is 35.0 Å². The Labute approximate surface area is 133 Å². The molecule has 0 radical (unpaired) electrons. The number of thioether (sulfide) groups is 1. The molecule has 1 unspecified atom stereocenters. The van der Waals surface area contributed by atoms with Gasteiger partial charge in [0, 0.05) is 20.7 Å². The molecule has 1 nitrogen and oxygen atoms in total. The fourth-order valence-corrected chi connectivity index (χ4v) is 4.13. The largest absolute Gasteiger partial charge is 0.492 e. The highest BCUT2D eigenvalue weighted by molar-refractivity contribution is 8.00. The molecule has 0 amide bonds. The lowest BCUT2D eigenvalue weighted by Crippen LogP contribution is -2.14. The van der Waals surface area contributed by atoms with E-state index in [4.69, 9.17) is 27.9 Å². The Bertz CT molecular complexity index is 590. The summed E-state index contributed by atoms with van der Waals surface area (Å²) in [5.41, 5.74) is 2.28. The number of benzene rings is 2. The van der Waals surface area contributed by atoms with Gasteiger partial charge in [-0.3, -0.25) is 0 Å². The molecular weight excluding hydrogens is 311 g/mol. The van der Waals surface area contributed by atoms with Crippen molar-refractivity contribution in [2.75, 3.05) is 6.61 Å². The lowest BCUT2D eigenvalue weighted by molar-refractivity contribution is 0.315. The molecule has 4 heteroatoms. The Morgan fingerprint density at radius 2 is 2.00 bits per heavy atom. The van der Waals surface area contributed by atoms with Gasteiger partial charge in [0.25, 0.3) is 0 Å². The molecule has 0 N–H and O–H groups in total. The minimum Gasteiger partial charge on any atom is -0.492 e. The van der Waals surface area contributed by atoms with Gasteiger partial charge in [-0.25, -0.2) is 0 Å². The molecule has 1 aliphatic rings. The molecule has 0 spiro atoms. The summed E-state index contributed by atoms with van der Waals surface area (Å²) in [4.78, 5) is 1.37. The second kappa shape index (κ2) is 6.30. The summed E-state index contributed by atoms with van der Waals surface area (Å²) in [6.07, 6.45) is 1.05. The van der Waals surface area contributed by atoms with Crippen molar-refractivity contribution in [2.24, 2.45) is 0 Å². The maximum atomic E-state index is 6.13. The highest BCUT2D eigenvalue weighted by Crippen LogP contribution is 2.37. The third-order valence-electron chi connectivity index (χ3n) is 3.35. The number of fused-ring (bicyclic) bond motifs is 1. The average molecular weight is 325 g/mol. The topological polar surface area (TPSA) is 9.23 Å². The van der Waals surface area contributed by atoms with E-state index >= 15 is 0 Å². The summed E-state index contributed by atoms with van der Waals surface area (Å²) in [5.74, 6) is 1.16. The van der Waals surface area contributed by atoms with Gasteiger partial charge in [0.05, 0.1) is 5.88 Å². The molecule has 0 bridgehead atoms. The fraction of sp³-hybridized carbons (Fsp3) is 0.250. The van der Waals surface area contributed by atoms with Crippen LogP contribution in [0.4, 0.5) is 0 Å². The molecular formula is C16H14Cl2OS. The van der Waals surface area contributed by atoms with Crippen LogP contribution in [0.25, 0.3) is 0 Å². The summed E-state index contributed by atoms with van der Waals surface area (Å²) in [6.45, 7) is 0.670. The van der Waals surface area contributed by atoms with E-state index in [0.717, 1.165) is 17.7 Å². The van der Waals surface area contributed by atoms with Crippen molar-refractivity contribution in [1.29, 1.82) is 0 Å². The predicted molar refractivity (Wildman–Crippen MR) is 86.3 cm³/mol. The van der Waals surface area contributed by atoms with Crippen LogP contribution >= 0.6 is 35.0 Å². The van der Waals surface area contributed by atoms with E-state index in [1.54, 1.807) is 0 Å². The molecule has 2 aromatic carbocycles. The van der Waals surface area contributed by atoms with Crippen molar-refractivity contribution in [3.8, 4) is 5.75 Å². The van der Waals surface area contributed by atoms with E-state index in [0.29, 0.717) is 22.8 Å². The zero-order valence-electron chi connectivity index (χ0n) is 10.8. The number of hydrogen-bond donors (Lipinski definition) is 0. The van der Waals surface area contributed by atoms with Gasteiger partial charge in [-0.2, -0.15) is 0 Å². The number of hydrogen-bond acceptors (Lipinski definition) is 2. The zero-order chi connectivity index (χ0) is 13.9. The molecule has 2 aromatic rings. The first kappa shape index (κ1) is 14.1. The Hall–Kier alpha value is -0.830. The van der Waals surface area contributed by atoms with Crippen molar-refractivity contribution in [3.05, 3.63) is 58.6 Å². The van der Waals surface area contributed by atoms with Crippen LogP contribution in [0.5, 0.6) is 5.75 Å². The van der Waals surface area contributed by atoms with Crippen LogP contribution in [0.3, 0.4) is 0 Å². The molecule has 1 aliphatic heterocycles. The van der Waals surface area contributed by atoms with Gasteiger partial charge < -0.3 is 4.74 Å². The monoisotopic (exact) mass is 324 g/mol. The Morgan fingerprint density at radius 3 is 2.80 bits per heavy atom. The maximum Gasteiger partial charge on any atom is 0.125 e. The molecule has 3 rings (SSSR count). The second-order valence-corrected chi connectivity index (χ2v) is 6.73. The van der Waals surface area contributed by atoms with Crippen LogP contribution in [-0.2, 0) is 12.3 Å². The minimum absolute atomic E-state index is 0.368. The van der Waals surface area contributed by atoms with Crippen LogP contribution < -0.4 is 4.74 Å². The second-order valence-electron chi connectivity index (χ2n) is 4.71. The Kier molecular flexibility index (Phi) is 4.45. The van der Waals surface area contributed by atoms with Crippen molar-refractivity contribution in [3.63, 3.8) is 0 Å². The summed E-state index contributed by atoms with van der Waals surface area (Å²) >= 11 is 13.9. The molecule has 0 saturated heterocycles. The van der Waals surface area contributed by atoms with Crippen molar-refractivity contribution in [2.45, 2.75) is 22.4 Å². The van der Waals surface area contributed by atoms with Crippen LogP contribution in [0.1, 0.15) is 11.1 Å². The van der Waals surface area contributed by atoms with E-state index in [1.165, 1.54) is 10.5 Å². The maximum absolute atomic E-state index is 6.13. The van der Waals surface area contributed by atoms with E-state index < -0.39 is 0 Å². The third kappa shape index (κ3) is 2.93. The summed E-state index contributed by atoms with van der Waals surface area (Å²) in [6, 6.07) is 14.2. The highest BCUT2D eigenvalue weighted by atomic mass is 35.5. The van der Waals surface area contributed by atoms with E-state index in [1.807, 2.05) is 30.0 Å². The lowest BCUT2D eigenvalue weighted by atomic mass is 10.1. The fourth-order valence-electron chi connectivity index (χ4n) is 2.33. The van der Waals surface area contributed by atoms with Crippen LogP contribution in [0.2, 0.25) is 5.02 Å². The third-order valence-corrected chi connectivity index (χ3v) is 5.26. The number of rotatable bonds is 4. The van der Waals surface area contributed by atoms with Gasteiger partial charge in [-0.15, -0.1) is 23.4 Å². The van der Waals surface area contributed by atoms with Crippen molar-refractivity contribution in [1.82, 2.24) is 0 Å². The summed E-state index contributed by atoms with van der Waals surface area (Å²) < 4.78 is 5.93. The quantitative estimate of drug-likeness (QED) is 0.717. The van der Waals surface area contributed by atoms with Crippen LogP contribution in [0.15, 0.2) is 47.4 Å². The number of halogens is 2. The van der Waals surface area contributed by atoms with Crippen LogP contribution in [0, 0.1) is 0 Å². The first-order valence-corrected chi connectivity index (χ1v) is 8.28. The number of ether oxygens (including phenoxy) is 1. The Balaban J connectivity index is 1.66. The summed E-state index contributed by atoms with van der Waals surface area (Å²) in [7, 11) is 0. The minimum atomic E-state index is 0.368. The van der Waals surface area contributed by atoms with Gasteiger partial charge in [0.2, 0.25) is 0 Å². The molecule has 0 aromatic heterocycles. The van der Waals surface area contributed by atoms with Gasteiger partial charge in [-0.05, 0) is 30.2 Å². The highest BCUT2D eigenvalue weighted by Gasteiger charge is 2.22. The predicted octanol–water partition coefficient (Wildman–Crippen LogP) is 5.17. The molecule has 0 fully saturated rings. The van der Waals surface area contributed by atoms with Crippen molar-refractivity contribution < 1.29 is 4.74 Å². The molecule has 0 aliphatic carbocycles. The molecule has 0 saturated carbocycles.